The van der Waals surface area contributed by atoms with Crippen LogP contribution in [-0.4, -0.2) is 17.7 Å². The molecule has 2 heteroatoms. The lowest BCUT2D eigenvalue weighted by atomic mass is 9.87. The van der Waals surface area contributed by atoms with E-state index < -0.39 is 0 Å². The largest absolute Gasteiger partial charge is 0.375 e. The molecule has 60 valence electrons. The Hall–Kier alpha value is -0.0800. The fourth-order valence-electron chi connectivity index (χ4n) is 1.89. The van der Waals surface area contributed by atoms with Gasteiger partial charge in [-0.2, -0.15) is 0 Å². The van der Waals surface area contributed by atoms with Crippen LogP contribution in [0.4, 0.5) is 0 Å². The molecule has 3 atom stereocenters. The summed E-state index contributed by atoms with van der Waals surface area (Å²) in [4.78, 5) is 0. The van der Waals surface area contributed by atoms with Crippen molar-refractivity contribution in [1.29, 1.82) is 0 Å². The quantitative estimate of drug-likeness (QED) is 0.554. The van der Waals surface area contributed by atoms with Crippen LogP contribution in [0.5, 0.6) is 0 Å². The third-order valence-electron chi connectivity index (χ3n) is 1.97. The molecule has 0 aromatic rings. The van der Waals surface area contributed by atoms with Crippen molar-refractivity contribution in [3.8, 4) is 0 Å². The van der Waals surface area contributed by atoms with Crippen LogP contribution in [0, 0.1) is 0 Å². The Morgan fingerprint density at radius 1 is 1.30 bits per heavy atom. The Morgan fingerprint density at radius 2 is 1.70 bits per heavy atom. The summed E-state index contributed by atoms with van der Waals surface area (Å²) in [7, 11) is 0. The number of rotatable bonds is 0. The first-order chi connectivity index (χ1) is 4.49. The summed E-state index contributed by atoms with van der Waals surface area (Å²) >= 11 is 0. The minimum Gasteiger partial charge on any atom is -0.375 e. The van der Waals surface area contributed by atoms with Gasteiger partial charge in [0.05, 0.1) is 12.2 Å². The summed E-state index contributed by atoms with van der Waals surface area (Å²) in [6, 6.07) is 0. The second-order valence-corrected chi connectivity index (χ2v) is 3.82. The Labute approximate surface area is 62.7 Å². The third-order valence-corrected chi connectivity index (χ3v) is 1.97. The Bertz CT molecular complexity index is 110. The van der Waals surface area contributed by atoms with Crippen LogP contribution in [0.1, 0.15) is 33.6 Å². The summed E-state index contributed by atoms with van der Waals surface area (Å²) in [5, 5.41) is 0. The third kappa shape index (κ3) is 1.96. The Balaban J connectivity index is 2.51. The van der Waals surface area contributed by atoms with Crippen molar-refractivity contribution < 1.29 is 4.74 Å². The molecule has 1 saturated heterocycles. The van der Waals surface area contributed by atoms with Gasteiger partial charge in [-0.15, -0.1) is 0 Å². The first-order valence-corrected chi connectivity index (χ1v) is 3.94. The highest BCUT2D eigenvalue weighted by molar-refractivity contribution is 4.87. The number of nitrogens with two attached hydrogens (primary N) is 1. The number of hydrogen-bond donors (Lipinski definition) is 1. The van der Waals surface area contributed by atoms with Gasteiger partial charge in [-0.1, -0.05) is 0 Å². The standard InChI is InChI=1S/C8H17NO/c1-6-4-8(3,9)5-7(2)10-6/h6-7H,4-5,9H2,1-3H3/t6-,7?,8?/m1/s1. The average molecular weight is 143 g/mol. The lowest BCUT2D eigenvalue weighted by Crippen LogP contribution is -2.47. The van der Waals surface area contributed by atoms with Crippen LogP contribution in [0.2, 0.25) is 0 Å². The van der Waals surface area contributed by atoms with Gasteiger partial charge in [-0.25, -0.2) is 0 Å². The van der Waals surface area contributed by atoms with Crippen LogP contribution >= 0.6 is 0 Å². The fourth-order valence-corrected chi connectivity index (χ4v) is 1.89. The Kier molecular flexibility index (Phi) is 2.02. The minimum atomic E-state index is -0.00289. The molecule has 0 bridgehead atoms. The maximum atomic E-state index is 5.98. The highest BCUT2D eigenvalue weighted by Crippen LogP contribution is 2.25. The number of hydrogen-bond acceptors (Lipinski definition) is 2. The zero-order chi connectivity index (χ0) is 7.78. The van der Waals surface area contributed by atoms with Crippen molar-refractivity contribution in [3.05, 3.63) is 0 Å². The minimum absolute atomic E-state index is 0.00289. The monoisotopic (exact) mass is 143 g/mol. The fraction of sp³-hybridized carbons (Fsp3) is 1.00. The molecule has 10 heavy (non-hydrogen) atoms. The molecule has 2 N–H and O–H groups in total. The van der Waals surface area contributed by atoms with Gasteiger partial charge >= 0.3 is 0 Å². The zero-order valence-electron chi connectivity index (χ0n) is 7.05. The van der Waals surface area contributed by atoms with Crippen LogP contribution in [0.25, 0.3) is 0 Å². The van der Waals surface area contributed by atoms with E-state index >= 15 is 0 Å². The molecule has 0 aromatic heterocycles. The van der Waals surface area contributed by atoms with Crippen molar-refractivity contribution in [2.45, 2.75) is 51.4 Å². The molecule has 0 aliphatic carbocycles. The summed E-state index contributed by atoms with van der Waals surface area (Å²) < 4.78 is 5.54. The molecule has 2 nitrogen and oxygen atoms in total. The van der Waals surface area contributed by atoms with E-state index in [4.69, 9.17) is 10.5 Å². The smallest absolute Gasteiger partial charge is 0.0568 e. The van der Waals surface area contributed by atoms with Crippen molar-refractivity contribution in [2.75, 3.05) is 0 Å². The van der Waals surface area contributed by atoms with Gasteiger partial charge in [0.1, 0.15) is 0 Å². The molecule has 1 heterocycles. The van der Waals surface area contributed by atoms with E-state index in [1.165, 1.54) is 0 Å². The first kappa shape index (κ1) is 8.02. The van der Waals surface area contributed by atoms with Gasteiger partial charge in [-0.05, 0) is 33.6 Å². The van der Waals surface area contributed by atoms with Gasteiger partial charge < -0.3 is 10.5 Å². The molecule has 1 aliphatic rings. The van der Waals surface area contributed by atoms with E-state index in [9.17, 15) is 0 Å². The highest BCUT2D eigenvalue weighted by atomic mass is 16.5. The van der Waals surface area contributed by atoms with Gasteiger partial charge in [0.15, 0.2) is 0 Å². The molecule has 1 fully saturated rings. The first-order valence-electron chi connectivity index (χ1n) is 3.94. The van der Waals surface area contributed by atoms with Gasteiger partial charge in [-0.3, -0.25) is 0 Å². The Morgan fingerprint density at radius 3 is 2.00 bits per heavy atom. The normalized spacial score (nSPS) is 49.2. The summed E-state index contributed by atoms with van der Waals surface area (Å²) in [6.45, 7) is 6.27. The maximum absolute atomic E-state index is 5.98. The maximum Gasteiger partial charge on any atom is 0.0568 e. The average Bonchev–Trinajstić information content (AvgIpc) is 1.54. The van der Waals surface area contributed by atoms with Crippen molar-refractivity contribution in [2.24, 2.45) is 5.73 Å². The second-order valence-electron chi connectivity index (χ2n) is 3.82. The molecular weight excluding hydrogens is 126 g/mol. The topological polar surface area (TPSA) is 35.2 Å². The molecule has 0 amide bonds. The highest BCUT2D eigenvalue weighted by Gasteiger charge is 2.30. The number of ether oxygens (including phenoxy) is 1. The molecule has 2 unspecified atom stereocenters. The van der Waals surface area contributed by atoms with E-state index in [0.717, 1.165) is 12.8 Å². The molecule has 0 spiro atoms. The molecule has 0 radical (unpaired) electrons. The molecule has 0 aromatic carbocycles. The van der Waals surface area contributed by atoms with E-state index in [1.807, 2.05) is 0 Å². The lowest BCUT2D eigenvalue weighted by molar-refractivity contribution is -0.0562. The predicted molar refractivity (Wildman–Crippen MR) is 41.8 cm³/mol. The zero-order valence-corrected chi connectivity index (χ0v) is 7.05. The van der Waals surface area contributed by atoms with Crippen LogP contribution in [0.3, 0.4) is 0 Å². The van der Waals surface area contributed by atoms with Crippen LogP contribution in [-0.2, 0) is 4.74 Å². The lowest BCUT2D eigenvalue weighted by Gasteiger charge is -2.37. The molecular formula is C8H17NO. The summed E-state index contributed by atoms with van der Waals surface area (Å²) in [6.07, 6.45) is 2.63. The van der Waals surface area contributed by atoms with Crippen molar-refractivity contribution in [1.82, 2.24) is 0 Å². The second kappa shape index (κ2) is 2.51. The SMILES string of the molecule is CC1CC(C)(N)C[C@@H](C)O1. The molecule has 1 aliphatic heterocycles. The van der Waals surface area contributed by atoms with E-state index in [-0.39, 0.29) is 5.54 Å². The molecule has 0 saturated carbocycles. The summed E-state index contributed by atoms with van der Waals surface area (Å²) in [5.41, 5.74) is 5.98. The molecule has 1 rings (SSSR count). The summed E-state index contributed by atoms with van der Waals surface area (Å²) in [5.74, 6) is 0. The van der Waals surface area contributed by atoms with E-state index in [2.05, 4.69) is 20.8 Å². The van der Waals surface area contributed by atoms with Gasteiger partial charge in [0, 0.05) is 5.54 Å². The van der Waals surface area contributed by atoms with Crippen LogP contribution in [0.15, 0.2) is 0 Å². The van der Waals surface area contributed by atoms with Gasteiger partial charge in [0.2, 0.25) is 0 Å². The predicted octanol–water partition coefficient (Wildman–Crippen LogP) is 1.29. The van der Waals surface area contributed by atoms with Crippen LogP contribution < -0.4 is 5.73 Å². The van der Waals surface area contributed by atoms with Crippen molar-refractivity contribution in [3.63, 3.8) is 0 Å². The van der Waals surface area contributed by atoms with Crippen molar-refractivity contribution >= 4 is 0 Å². The van der Waals surface area contributed by atoms with E-state index in [1.54, 1.807) is 0 Å². The van der Waals surface area contributed by atoms with Gasteiger partial charge in [0.25, 0.3) is 0 Å². The van der Waals surface area contributed by atoms with E-state index in [0.29, 0.717) is 12.2 Å².